The molecule has 0 spiro atoms. The van der Waals surface area contributed by atoms with Gasteiger partial charge in [0.05, 0.1) is 12.1 Å². The number of rotatable bonds is 5. The third kappa shape index (κ3) is 4.36. The number of ketones is 2. The third-order valence-electron chi connectivity index (χ3n) is 7.13. The van der Waals surface area contributed by atoms with E-state index in [1.807, 2.05) is 31.3 Å². The fourth-order valence-electron chi connectivity index (χ4n) is 5.47. The molecule has 7 heteroatoms. The lowest BCUT2D eigenvalue weighted by Crippen LogP contribution is -2.37. The van der Waals surface area contributed by atoms with Crippen LogP contribution in [0.5, 0.6) is 11.5 Å². The monoisotopic (exact) mass is 511 g/mol. The lowest BCUT2D eigenvalue weighted by atomic mass is 9.71. The van der Waals surface area contributed by atoms with Crippen LogP contribution in [0.1, 0.15) is 55.6 Å². The van der Waals surface area contributed by atoms with Crippen LogP contribution in [0.2, 0.25) is 10.0 Å². The molecular formula is C28H27Cl2NO4. The highest BCUT2D eigenvalue weighted by Crippen LogP contribution is 2.50. The topological polar surface area (TPSA) is 55.8 Å². The molecule has 5 rings (SSSR count). The highest BCUT2D eigenvalue weighted by molar-refractivity contribution is 6.32. The Bertz CT molecular complexity index is 1220. The average Bonchev–Trinajstić information content (AvgIpc) is 2.85. The second kappa shape index (κ2) is 9.71. The van der Waals surface area contributed by atoms with E-state index in [-0.39, 0.29) is 11.6 Å². The van der Waals surface area contributed by atoms with Crippen LogP contribution < -0.4 is 9.47 Å². The molecule has 3 aliphatic rings. The molecule has 182 valence electrons. The number of carbonyl (C=O) groups is 2. The lowest BCUT2D eigenvalue weighted by Gasteiger charge is -2.42. The summed E-state index contributed by atoms with van der Waals surface area (Å²) in [5.41, 5.74) is 5.22. The van der Waals surface area contributed by atoms with Crippen LogP contribution in [0, 0.1) is 0 Å². The van der Waals surface area contributed by atoms with Gasteiger partial charge in [-0.3, -0.25) is 9.59 Å². The van der Waals surface area contributed by atoms with Crippen molar-refractivity contribution in [3.05, 3.63) is 80.1 Å². The van der Waals surface area contributed by atoms with Crippen molar-refractivity contribution >= 4 is 34.8 Å². The number of ether oxygens (including phenoxy) is 2. The van der Waals surface area contributed by atoms with Gasteiger partial charge in [0.2, 0.25) is 0 Å². The highest BCUT2D eigenvalue weighted by atomic mass is 35.5. The number of hydrogen-bond donors (Lipinski definition) is 0. The van der Waals surface area contributed by atoms with Gasteiger partial charge in [-0.2, -0.15) is 0 Å². The quantitative estimate of drug-likeness (QED) is 0.451. The minimum Gasteiger partial charge on any atom is -0.493 e. The molecule has 5 nitrogen and oxygen atoms in total. The summed E-state index contributed by atoms with van der Waals surface area (Å²) in [4.78, 5) is 28.5. The number of benzene rings is 2. The summed E-state index contributed by atoms with van der Waals surface area (Å²) in [7, 11) is 3.55. The first-order valence-electron chi connectivity index (χ1n) is 11.9. The molecule has 0 radical (unpaired) electrons. The van der Waals surface area contributed by atoms with E-state index in [9.17, 15) is 9.59 Å². The molecular weight excluding hydrogens is 485 g/mol. The molecule has 1 aliphatic heterocycles. The van der Waals surface area contributed by atoms with Gasteiger partial charge in [-0.15, -0.1) is 0 Å². The molecule has 2 aromatic rings. The van der Waals surface area contributed by atoms with Gasteiger partial charge in [0.25, 0.3) is 0 Å². The molecule has 0 unspecified atom stereocenters. The van der Waals surface area contributed by atoms with Crippen molar-refractivity contribution in [2.45, 2.75) is 51.0 Å². The molecule has 0 saturated carbocycles. The zero-order valence-electron chi connectivity index (χ0n) is 19.8. The average molecular weight is 512 g/mol. The van der Waals surface area contributed by atoms with Crippen LogP contribution in [-0.2, 0) is 16.2 Å². The summed E-state index contributed by atoms with van der Waals surface area (Å²) < 4.78 is 11.7. The molecule has 0 saturated heterocycles. The van der Waals surface area contributed by atoms with Crippen molar-refractivity contribution in [1.82, 2.24) is 4.90 Å². The molecule has 0 fully saturated rings. The van der Waals surface area contributed by atoms with Crippen LogP contribution >= 0.6 is 23.2 Å². The van der Waals surface area contributed by atoms with Gasteiger partial charge in [-0.25, -0.2) is 0 Å². The smallest absolute Gasteiger partial charge is 0.180 e. The Morgan fingerprint density at radius 1 is 0.914 bits per heavy atom. The third-order valence-corrected chi connectivity index (χ3v) is 7.66. The summed E-state index contributed by atoms with van der Waals surface area (Å²) in [5, 5.41) is 1.03. The maximum atomic E-state index is 13.2. The normalized spacial score (nSPS) is 18.6. The minimum absolute atomic E-state index is 0.103. The number of nitrogens with zero attached hydrogens (tertiary/aromatic N) is 1. The predicted molar refractivity (Wildman–Crippen MR) is 136 cm³/mol. The van der Waals surface area contributed by atoms with E-state index >= 15 is 0 Å². The van der Waals surface area contributed by atoms with Crippen molar-refractivity contribution in [3.63, 3.8) is 0 Å². The Kier molecular flexibility index (Phi) is 6.65. The van der Waals surface area contributed by atoms with Gasteiger partial charge in [-0.05, 0) is 61.1 Å². The number of carbonyl (C=O) groups excluding carboxylic acids is 2. The predicted octanol–water partition coefficient (Wildman–Crippen LogP) is 6.62. The van der Waals surface area contributed by atoms with E-state index < -0.39 is 5.92 Å². The molecule has 2 aliphatic carbocycles. The Balaban J connectivity index is 1.57. The van der Waals surface area contributed by atoms with Gasteiger partial charge in [0.1, 0.15) is 6.61 Å². The van der Waals surface area contributed by atoms with Crippen LogP contribution in [0.25, 0.3) is 0 Å². The molecule has 0 N–H and O–H groups in total. The second-order valence-electron chi connectivity index (χ2n) is 9.22. The van der Waals surface area contributed by atoms with E-state index in [1.165, 1.54) is 0 Å². The molecule has 1 heterocycles. The Labute approximate surface area is 215 Å². The van der Waals surface area contributed by atoms with Gasteiger partial charge in [-0.1, -0.05) is 35.3 Å². The van der Waals surface area contributed by atoms with E-state index in [4.69, 9.17) is 32.7 Å². The maximum absolute atomic E-state index is 13.2. The van der Waals surface area contributed by atoms with Crippen molar-refractivity contribution in [2.24, 2.45) is 0 Å². The summed E-state index contributed by atoms with van der Waals surface area (Å²) in [5.74, 6) is 0.663. The number of methoxy groups -OCH3 is 1. The van der Waals surface area contributed by atoms with E-state index in [0.29, 0.717) is 41.0 Å². The second-order valence-corrected chi connectivity index (χ2v) is 10.1. The van der Waals surface area contributed by atoms with Crippen LogP contribution in [0.15, 0.2) is 58.9 Å². The van der Waals surface area contributed by atoms with Crippen molar-refractivity contribution in [2.75, 3.05) is 14.2 Å². The standard InChI is InChI=1S/C28H27Cl2NO4/c1-31-20-5-3-7-22(32)26(20)25(27-21(31)6-4-8-23(27)33)17-13-19(30)28(24(14-17)34-2)35-15-16-9-11-18(29)12-10-16/h9-14,25H,3-8,15H2,1-2H3. The van der Waals surface area contributed by atoms with Crippen LogP contribution in [-0.4, -0.2) is 30.6 Å². The lowest BCUT2D eigenvalue weighted by molar-refractivity contribution is -0.117. The molecule has 0 atom stereocenters. The largest absolute Gasteiger partial charge is 0.493 e. The first kappa shape index (κ1) is 24.0. The number of halogens is 2. The molecule has 0 aromatic heterocycles. The summed E-state index contributed by atoms with van der Waals surface area (Å²) in [6.45, 7) is 0.294. The van der Waals surface area contributed by atoms with Crippen LogP contribution in [0.4, 0.5) is 0 Å². The Hall–Kier alpha value is -2.76. The van der Waals surface area contributed by atoms with E-state index in [1.54, 1.807) is 19.2 Å². The zero-order chi connectivity index (χ0) is 24.7. The van der Waals surface area contributed by atoms with Gasteiger partial charge >= 0.3 is 0 Å². The van der Waals surface area contributed by atoms with Gasteiger partial charge in [0.15, 0.2) is 23.1 Å². The van der Waals surface area contributed by atoms with Crippen molar-refractivity contribution in [1.29, 1.82) is 0 Å². The molecule has 35 heavy (non-hydrogen) atoms. The van der Waals surface area contributed by atoms with Gasteiger partial charge < -0.3 is 14.4 Å². The first-order chi connectivity index (χ1) is 16.9. The fraction of sp³-hybridized carbons (Fsp3) is 0.357. The molecule has 0 amide bonds. The van der Waals surface area contributed by atoms with Crippen molar-refractivity contribution < 1.29 is 19.1 Å². The number of Topliss-reactive ketones (excluding diaryl/α,β-unsaturated/α-hetero) is 2. The summed E-state index contributed by atoms with van der Waals surface area (Å²) >= 11 is 12.7. The maximum Gasteiger partial charge on any atom is 0.180 e. The van der Waals surface area contributed by atoms with Crippen LogP contribution in [0.3, 0.4) is 0 Å². The van der Waals surface area contributed by atoms with E-state index in [2.05, 4.69) is 4.90 Å². The molecule has 2 aromatic carbocycles. The minimum atomic E-state index is -0.437. The SMILES string of the molecule is COc1cc(C2C3=C(CCCC3=O)N(C)C3=C2C(=O)CCC3)cc(Cl)c1OCc1ccc(Cl)cc1. The zero-order valence-corrected chi connectivity index (χ0v) is 21.3. The van der Waals surface area contributed by atoms with Crippen molar-refractivity contribution in [3.8, 4) is 11.5 Å². The molecule has 0 bridgehead atoms. The summed E-state index contributed by atoms with van der Waals surface area (Å²) in [6.07, 6.45) is 4.29. The Morgan fingerprint density at radius 3 is 2.09 bits per heavy atom. The fourth-order valence-corrected chi connectivity index (χ4v) is 5.87. The number of hydrogen-bond acceptors (Lipinski definition) is 5. The summed E-state index contributed by atoms with van der Waals surface area (Å²) in [6, 6.07) is 11.1. The Morgan fingerprint density at radius 2 is 1.51 bits per heavy atom. The number of allylic oxidation sites excluding steroid dienone is 4. The van der Waals surface area contributed by atoms with Gasteiger partial charge in [0, 0.05) is 53.4 Å². The highest BCUT2D eigenvalue weighted by Gasteiger charge is 2.42. The van der Waals surface area contributed by atoms with E-state index in [0.717, 1.165) is 59.4 Å². The first-order valence-corrected chi connectivity index (χ1v) is 12.7.